The highest BCUT2D eigenvalue weighted by molar-refractivity contribution is 7.17. The van der Waals surface area contributed by atoms with E-state index in [1.165, 1.54) is 25.7 Å². The van der Waals surface area contributed by atoms with E-state index in [1.54, 1.807) is 0 Å². The lowest BCUT2D eigenvalue weighted by molar-refractivity contribution is 0.00469. The van der Waals surface area contributed by atoms with Gasteiger partial charge in [0.1, 0.15) is 0 Å². The van der Waals surface area contributed by atoms with Crippen LogP contribution in [0, 0.1) is 22.7 Å². The molecule has 2 fully saturated rings. The fourth-order valence-electron chi connectivity index (χ4n) is 2.46. The van der Waals surface area contributed by atoms with Gasteiger partial charge in [0.05, 0.1) is 6.07 Å². The summed E-state index contributed by atoms with van der Waals surface area (Å²) in [5, 5.41) is 8.55. The van der Waals surface area contributed by atoms with Crippen LogP contribution in [0.15, 0.2) is 0 Å². The second-order valence-corrected chi connectivity index (χ2v) is 4.85. The summed E-state index contributed by atoms with van der Waals surface area (Å²) >= 11 is 0. The van der Waals surface area contributed by atoms with Crippen molar-refractivity contribution in [2.45, 2.75) is 45.2 Å². The summed E-state index contributed by atoms with van der Waals surface area (Å²) in [6.07, 6.45) is 5.09. The molecule has 0 radical (unpaired) electrons. The monoisotopic (exact) mass is 183 g/mol. The molecule has 0 saturated heterocycles. The molecule has 0 N–H and O–H groups in total. The molecule has 0 heterocycles. The first-order valence-corrected chi connectivity index (χ1v) is 5.56. The predicted octanol–water partition coefficient (Wildman–Crippen LogP) is 2.97. The summed E-state index contributed by atoms with van der Waals surface area (Å²) in [5.41, 5.74) is 1.51. The molecule has 2 aliphatic rings. The van der Waals surface area contributed by atoms with Gasteiger partial charge in [-0.2, -0.15) is 5.26 Å². The zero-order chi connectivity index (χ0) is 9.19. The third kappa shape index (κ3) is 1.64. The van der Waals surface area contributed by atoms with E-state index in [-0.39, 0.29) is 0 Å². The molecular weight excluding hydrogens is 165 g/mol. The SMILES string of the molecule is CC.N#CC1CC2(CC(P)C2)C1. The molecule has 2 saturated carbocycles. The van der Waals surface area contributed by atoms with Crippen molar-refractivity contribution >= 4 is 9.24 Å². The van der Waals surface area contributed by atoms with E-state index in [4.69, 9.17) is 5.26 Å². The van der Waals surface area contributed by atoms with Gasteiger partial charge in [0.2, 0.25) is 0 Å². The van der Waals surface area contributed by atoms with Crippen molar-refractivity contribution in [2.24, 2.45) is 11.3 Å². The van der Waals surface area contributed by atoms with Crippen LogP contribution in [0.5, 0.6) is 0 Å². The van der Waals surface area contributed by atoms with Crippen LogP contribution >= 0.6 is 9.24 Å². The number of nitrogens with zero attached hydrogens (tertiary/aromatic N) is 1. The average molecular weight is 183 g/mol. The van der Waals surface area contributed by atoms with Gasteiger partial charge in [0, 0.05) is 5.92 Å². The van der Waals surface area contributed by atoms with Crippen LogP contribution in [0.2, 0.25) is 0 Å². The number of rotatable bonds is 0. The predicted molar refractivity (Wildman–Crippen MR) is 54.9 cm³/mol. The van der Waals surface area contributed by atoms with Gasteiger partial charge in [-0.15, -0.1) is 9.24 Å². The minimum absolute atomic E-state index is 0.400. The maximum Gasteiger partial charge on any atom is 0.0656 e. The number of nitriles is 1. The summed E-state index contributed by atoms with van der Waals surface area (Å²) < 4.78 is 0. The van der Waals surface area contributed by atoms with Crippen LogP contribution in [0.1, 0.15) is 39.5 Å². The molecule has 2 rings (SSSR count). The highest BCUT2D eigenvalue weighted by Crippen LogP contribution is 2.60. The van der Waals surface area contributed by atoms with Gasteiger partial charge >= 0.3 is 0 Å². The first kappa shape index (κ1) is 10.0. The zero-order valence-electron chi connectivity index (χ0n) is 8.01. The number of hydrogen-bond donors (Lipinski definition) is 0. The highest BCUT2D eigenvalue weighted by Gasteiger charge is 2.51. The lowest BCUT2D eigenvalue weighted by atomic mass is 9.52. The molecule has 1 unspecified atom stereocenters. The van der Waals surface area contributed by atoms with Crippen LogP contribution in [0.4, 0.5) is 0 Å². The summed E-state index contributed by atoms with van der Waals surface area (Å²) in [5.74, 6) is 0.400. The van der Waals surface area contributed by atoms with Crippen LogP contribution < -0.4 is 0 Å². The van der Waals surface area contributed by atoms with Crippen molar-refractivity contribution in [2.75, 3.05) is 0 Å². The van der Waals surface area contributed by atoms with Crippen molar-refractivity contribution in [3.63, 3.8) is 0 Å². The first-order chi connectivity index (χ1) is 5.74. The molecule has 2 heteroatoms. The Morgan fingerprint density at radius 3 is 2.08 bits per heavy atom. The molecule has 0 aromatic heterocycles. The average Bonchev–Trinajstić information content (AvgIpc) is 1.98. The van der Waals surface area contributed by atoms with Gasteiger partial charge in [-0.25, -0.2) is 0 Å². The maximum absolute atomic E-state index is 8.55. The summed E-state index contributed by atoms with van der Waals surface area (Å²) in [7, 11) is 2.87. The van der Waals surface area contributed by atoms with E-state index in [9.17, 15) is 0 Å². The van der Waals surface area contributed by atoms with E-state index in [0.29, 0.717) is 11.3 Å². The van der Waals surface area contributed by atoms with Crippen LogP contribution in [-0.4, -0.2) is 5.66 Å². The molecule has 0 amide bonds. The van der Waals surface area contributed by atoms with Gasteiger partial charge in [-0.05, 0) is 36.8 Å². The molecular formula is C10H18NP. The number of hydrogen-bond acceptors (Lipinski definition) is 1. The van der Waals surface area contributed by atoms with Crippen molar-refractivity contribution < 1.29 is 0 Å². The maximum atomic E-state index is 8.55. The van der Waals surface area contributed by atoms with Crippen molar-refractivity contribution in [3.8, 4) is 6.07 Å². The minimum Gasteiger partial charge on any atom is -0.198 e. The second kappa shape index (κ2) is 3.75. The molecule has 1 nitrogen and oxygen atoms in total. The van der Waals surface area contributed by atoms with Crippen molar-refractivity contribution in [1.29, 1.82) is 5.26 Å². The molecule has 0 bridgehead atoms. The summed E-state index contributed by atoms with van der Waals surface area (Å²) in [4.78, 5) is 0. The molecule has 12 heavy (non-hydrogen) atoms. The van der Waals surface area contributed by atoms with Crippen molar-refractivity contribution in [3.05, 3.63) is 0 Å². The second-order valence-electron chi connectivity index (χ2n) is 3.90. The molecule has 1 spiro atoms. The summed E-state index contributed by atoms with van der Waals surface area (Å²) in [6.45, 7) is 4.00. The van der Waals surface area contributed by atoms with E-state index < -0.39 is 0 Å². The molecule has 0 aromatic carbocycles. The Kier molecular flexibility index (Phi) is 3.13. The minimum atomic E-state index is 0.400. The van der Waals surface area contributed by atoms with Gasteiger partial charge in [-0.1, -0.05) is 13.8 Å². The Hall–Kier alpha value is -0.0800. The normalized spacial score (nSPS) is 43.2. The van der Waals surface area contributed by atoms with Crippen LogP contribution in [0.3, 0.4) is 0 Å². The molecule has 0 aromatic rings. The molecule has 68 valence electrons. The van der Waals surface area contributed by atoms with Crippen LogP contribution in [-0.2, 0) is 0 Å². The largest absolute Gasteiger partial charge is 0.198 e. The Morgan fingerprint density at radius 2 is 1.75 bits per heavy atom. The lowest BCUT2D eigenvalue weighted by Gasteiger charge is -2.55. The Morgan fingerprint density at radius 1 is 1.25 bits per heavy atom. The standard InChI is InChI=1S/C8H12NP.C2H6/c9-5-6-1-8(2-6)3-7(10)4-8;1-2/h6-7H,1-4,10H2;1-2H3. The quantitative estimate of drug-likeness (QED) is 0.530. The fraction of sp³-hybridized carbons (Fsp3) is 0.900. The Bertz CT molecular complexity index is 181. The fourth-order valence-corrected chi connectivity index (χ4v) is 3.46. The van der Waals surface area contributed by atoms with Crippen molar-refractivity contribution in [1.82, 2.24) is 0 Å². The van der Waals surface area contributed by atoms with E-state index in [0.717, 1.165) is 5.66 Å². The summed E-state index contributed by atoms with van der Waals surface area (Å²) in [6, 6.07) is 2.33. The molecule has 0 aliphatic heterocycles. The van der Waals surface area contributed by atoms with Gasteiger partial charge in [-0.3, -0.25) is 0 Å². The first-order valence-electron chi connectivity index (χ1n) is 4.89. The smallest absolute Gasteiger partial charge is 0.0656 e. The Labute approximate surface area is 77.7 Å². The van der Waals surface area contributed by atoms with Gasteiger partial charge < -0.3 is 0 Å². The topological polar surface area (TPSA) is 23.8 Å². The lowest BCUT2D eigenvalue weighted by Crippen LogP contribution is -2.47. The third-order valence-electron chi connectivity index (χ3n) is 2.93. The third-order valence-corrected chi connectivity index (χ3v) is 3.40. The van der Waals surface area contributed by atoms with Gasteiger partial charge in [0.15, 0.2) is 0 Å². The zero-order valence-corrected chi connectivity index (χ0v) is 9.16. The Balaban J connectivity index is 0.000000336. The van der Waals surface area contributed by atoms with Crippen LogP contribution in [0.25, 0.3) is 0 Å². The van der Waals surface area contributed by atoms with Gasteiger partial charge in [0.25, 0.3) is 0 Å². The van der Waals surface area contributed by atoms with E-state index >= 15 is 0 Å². The van der Waals surface area contributed by atoms with E-state index in [2.05, 4.69) is 15.3 Å². The highest BCUT2D eigenvalue weighted by atomic mass is 31.0. The molecule has 1 atom stereocenters. The molecule has 2 aliphatic carbocycles. The van der Waals surface area contributed by atoms with E-state index in [1.807, 2.05) is 13.8 Å².